The van der Waals surface area contributed by atoms with Crippen LogP contribution in [-0.4, -0.2) is 24.6 Å². The molecule has 0 spiro atoms. The first-order valence-electron chi connectivity index (χ1n) is 9.58. The molecule has 0 saturated carbocycles. The predicted octanol–water partition coefficient (Wildman–Crippen LogP) is 2.95. The molecule has 0 aromatic heterocycles. The lowest BCUT2D eigenvalue weighted by molar-refractivity contribution is -0.126. The molecular formula is C22H26N2O4. The standard InChI is InChI=1S/C22H26N2O4/c1-16(7-8-17-5-3-2-4-6-17)24-22(26)12-11-21(25)23-14-18-9-10-19-20(13-18)28-15-27-19/h2-6,9-10,13,16H,7-8,11-12,14-15H2,1H3,(H,23,25)(H,24,26). The van der Waals surface area contributed by atoms with E-state index in [4.69, 9.17) is 9.47 Å². The number of aryl methyl sites for hydroxylation is 1. The van der Waals surface area contributed by atoms with Crippen molar-refractivity contribution in [1.29, 1.82) is 0 Å². The van der Waals surface area contributed by atoms with Crippen LogP contribution in [0.15, 0.2) is 48.5 Å². The number of fused-ring (bicyclic) bond motifs is 1. The van der Waals surface area contributed by atoms with Gasteiger partial charge in [0.25, 0.3) is 0 Å². The quantitative estimate of drug-likeness (QED) is 0.699. The lowest BCUT2D eigenvalue weighted by Gasteiger charge is -2.14. The van der Waals surface area contributed by atoms with E-state index in [2.05, 4.69) is 22.8 Å². The van der Waals surface area contributed by atoms with Gasteiger partial charge in [0.05, 0.1) is 0 Å². The number of amides is 2. The second-order valence-corrected chi connectivity index (χ2v) is 6.96. The van der Waals surface area contributed by atoms with E-state index in [1.807, 2.05) is 43.3 Å². The van der Waals surface area contributed by atoms with Crippen molar-refractivity contribution in [2.45, 2.75) is 45.2 Å². The predicted molar refractivity (Wildman–Crippen MR) is 106 cm³/mol. The number of ether oxygens (including phenoxy) is 2. The van der Waals surface area contributed by atoms with E-state index in [1.54, 1.807) is 0 Å². The Labute approximate surface area is 165 Å². The summed E-state index contributed by atoms with van der Waals surface area (Å²) in [5.74, 6) is 1.16. The molecule has 0 bridgehead atoms. The van der Waals surface area contributed by atoms with Crippen molar-refractivity contribution >= 4 is 11.8 Å². The Balaban J connectivity index is 1.32. The zero-order valence-electron chi connectivity index (χ0n) is 16.1. The zero-order valence-corrected chi connectivity index (χ0v) is 16.1. The molecule has 0 fully saturated rings. The molecule has 3 rings (SSSR count). The Morgan fingerprint density at radius 2 is 1.71 bits per heavy atom. The maximum absolute atomic E-state index is 12.0. The van der Waals surface area contributed by atoms with E-state index in [1.165, 1.54) is 5.56 Å². The lowest BCUT2D eigenvalue weighted by Crippen LogP contribution is -2.34. The number of hydrogen-bond acceptors (Lipinski definition) is 4. The molecule has 6 heteroatoms. The molecule has 2 aromatic carbocycles. The molecule has 2 aromatic rings. The summed E-state index contributed by atoms with van der Waals surface area (Å²) in [7, 11) is 0. The molecule has 28 heavy (non-hydrogen) atoms. The minimum absolute atomic E-state index is 0.0735. The van der Waals surface area contributed by atoms with Gasteiger partial charge >= 0.3 is 0 Å². The Morgan fingerprint density at radius 3 is 2.54 bits per heavy atom. The summed E-state index contributed by atoms with van der Waals surface area (Å²) in [6.07, 6.45) is 2.13. The van der Waals surface area contributed by atoms with E-state index in [0.29, 0.717) is 18.0 Å². The van der Waals surface area contributed by atoms with Crippen molar-refractivity contribution in [1.82, 2.24) is 10.6 Å². The van der Waals surface area contributed by atoms with Crippen molar-refractivity contribution in [3.05, 3.63) is 59.7 Å². The topological polar surface area (TPSA) is 76.7 Å². The minimum atomic E-state index is -0.148. The third-order valence-corrected chi connectivity index (χ3v) is 4.62. The molecule has 148 valence electrons. The molecule has 1 atom stereocenters. The molecule has 0 saturated heterocycles. The smallest absolute Gasteiger partial charge is 0.231 e. The van der Waals surface area contributed by atoms with Crippen LogP contribution in [-0.2, 0) is 22.6 Å². The molecular weight excluding hydrogens is 356 g/mol. The minimum Gasteiger partial charge on any atom is -0.454 e. The van der Waals surface area contributed by atoms with Gasteiger partial charge in [-0.2, -0.15) is 0 Å². The average molecular weight is 382 g/mol. The number of hydrogen-bond donors (Lipinski definition) is 2. The van der Waals surface area contributed by atoms with Crippen LogP contribution in [0, 0.1) is 0 Å². The summed E-state index contributed by atoms with van der Waals surface area (Å²) in [4.78, 5) is 24.1. The van der Waals surface area contributed by atoms with Gasteiger partial charge in [0.1, 0.15) is 0 Å². The fourth-order valence-corrected chi connectivity index (χ4v) is 3.01. The molecule has 1 heterocycles. The molecule has 1 unspecified atom stereocenters. The highest BCUT2D eigenvalue weighted by atomic mass is 16.7. The highest BCUT2D eigenvalue weighted by Gasteiger charge is 2.14. The van der Waals surface area contributed by atoms with Crippen molar-refractivity contribution in [2.75, 3.05) is 6.79 Å². The van der Waals surface area contributed by atoms with E-state index >= 15 is 0 Å². The molecule has 0 radical (unpaired) electrons. The monoisotopic (exact) mass is 382 g/mol. The van der Waals surface area contributed by atoms with Gasteiger partial charge in [-0.1, -0.05) is 36.4 Å². The molecule has 0 aliphatic carbocycles. The fourth-order valence-electron chi connectivity index (χ4n) is 3.01. The van der Waals surface area contributed by atoms with Crippen molar-refractivity contribution in [3.8, 4) is 11.5 Å². The van der Waals surface area contributed by atoms with Crippen LogP contribution in [0.1, 0.15) is 37.3 Å². The third kappa shape index (κ3) is 6.01. The zero-order chi connectivity index (χ0) is 19.8. The largest absolute Gasteiger partial charge is 0.454 e. The van der Waals surface area contributed by atoms with Gasteiger partial charge in [0.2, 0.25) is 18.6 Å². The number of carbonyl (C=O) groups is 2. The number of benzene rings is 2. The van der Waals surface area contributed by atoms with Crippen LogP contribution in [0.3, 0.4) is 0 Å². The lowest BCUT2D eigenvalue weighted by atomic mass is 10.1. The SMILES string of the molecule is CC(CCc1ccccc1)NC(=O)CCC(=O)NCc1ccc2c(c1)OCO2. The first kappa shape index (κ1) is 19.7. The van der Waals surface area contributed by atoms with Crippen molar-refractivity contribution < 1.29 is 19.1 Å². The van der Waals surface area contributed by atoms with Crippen molar-refractivity contribution in [3.63, 3.8) is 0 Å². The third-order valence-electron chi connectivity index (χ3n) is 4.62. The van der Waals surface area contributed by atoms with E-state index in [0.717, 1.165) is 18.4 Å². The molecule has 1 aliphatic rings. The number of carbonyl (C=O) groups excluding carboxylic acids is 2. The van der Waals surface area contributed by atoms with Crippen LogP contribution >= 0.6 is 0 Å². The van der Waals surface area contributed by atoms with Crippen LogP contribution in [0.5, 0.6) is 11.5 Å². The molecule has 6 nitrogen and oxygen atoms in total. The number of nitrogens with one attached hydrogen (secondary N) is 2. The molecule has 1 aliphatic heterocycles. The molecule has 2 N–H and O–H groups in total. The fraction of sp³-hybridized carbons (Fsp3) is 0.364. The van der Waals surface area contributed by atoms with Gasteiger partial charge in [-0.15, -0.1) is 0 Å². The second kappa shape index (κ2) is 9.78. The van der Waals surface area contributed by atoms with Gasteiger partial charge in [-0.25, -0.2) is 0 Å². The van der Waals surface area contributed by atoms with Gasteiger partial charge in [-0.05, 0) is 43.0 Å². The van der Waals surface area contributed by atoms with Crippen LogP contribution in [0.25, 0.3) is 0 Å². The van der Waals surface area contributed by atoms with Crippen LogP contribution in [0.2, 0.25) is 0 Å². The van der Waals surface area contributed by atoms with Gasteiger partial charge < -0.3 is 20.1 Å². The Kier molecular flexibility index (Phi) is 6.89. The van der Waals surface area contributed by atoms with E-state index < -0.39 is 0 Å². The highest BCUT2D eigenvalue weighted by molar-refractivity contribution is 5.83. The van der Waals surface area contributed by atoms with Crippen LogP contribution < -0.4 is 20.1 Å². The summed E-state index contributed by atoms with van der Waals surface area (Å²) >= 11 is 0. The first-order valence-corrected chi connectivity index (χ1v) is 9.58. The van der Waals surface area contributed by atoms with Gasteiger partial charge in [0.15, 0.2) is 11.5 Å². The number of rotatable bonds is 9. The Bertz CT molecular complexity index is 807. The summed E-state index contributed by atoms with van der Waals surface area (Å²) in [6.45, 7) is 2.61. The van der Waals surface area contributed by atoms with Crippen molar-refractivity contribution in [2.24, 2.45) is 0 Å². The second-order valence-electron chi connectivity index (χ2n) is 6.96. The first-order chi connectivity index (χ1) is 13.6. The summed E-state index contributed by atoms with van der Waals surface area (Å²) in [6, 6.07) is 15.8. The maximum atomic E-state index is 12.0. The highest BCUT2D eigenvalue weighted by Crippen LogP contribution is 2.32. The normalized spacial score (nSPS) is 13.0. The Hall–Kier alpha value is -3.02. The summed E-state index contributed by atoms with van der Waals surface area (Å²) in [5, 5.41) is 5.79. The average Bonchev–Trinajstić information content (AvgIpc) is 3.18. The molecule has 2 amide bonds. The maximum Gasteiger partial charge on any atom is 0.231 e. The Morgan fingerprint density at radius 1 is 0.964 bits per heavy atom. The summed E-state index contributed by atoms with van der Waals surface area (Å²) < 4.78 is 10.6. The van der Waals surface area contributed by atoms with Gasteiger partial charge in [0, 0.05) is 25.4 Å². The summed E-state index contributed by atoms with van der Waals surface area (Å²) in [5.41, 5.74) is 2.18. The van der Waals surface area contributed by atoms with E-state index in [-0.39, 0.29) is 37.5 Å². The van der Waals surface area contributed by atoms with Crippen LogP contribution in [0.4, 0.5) is 0 Å². The van der Waals surface area contributed by atoms with E-state index in [9.17, 15) is 9.59 Å². The van der Waals surface area contributed by atoms with Gasteiger partial charge in [-0.3, -0.25) is 9.59 Å².